The number of methoxy groups -OCH3 is 1. The van der Waals surface area contributed by atoms with Crippen molar-refractivity contribution in [2.45, 2.75) is 6.10 Å². The van der Waals surface area contributed by atoms with E-state index in [1.807, 2.05) is 12.1 Å². The quantitative estimate of drug-likeness (QED) is 0.839. The minimum atomic E-state index is 0. The lowest BCUT2D eigenvalue weighted by atomic mass is 10.1. The van der Waals surface area contributed by atoms with Gasteiger partial charge in [-0.2, -0.15) is 0 Å². The Hall–Kier alpha value is -0.770. The molecule has 0 aliphatic carbocycles. The maximum atomic E-state index is 5.63. The van der Waals surface area contributed by atoms with Crippen LogP contribution in [0.4, 0.5) is 0 Å². The number of rotatable bonds is 2. The van der Waals surface area contributed by atoms with Crippen LogP contribution in [0.1, 0.15) is 11.7 Å². The van der Waals surface area contributed by atoms with Gasteiger partial charge in [0.1, 0.15) is 5.75 Å². The average Bonchev–Trinajstić information content (AvgIpc) is 2.30. The number of morpholine rings is 1. The van der Waals surface area contributed by atoms with Crippen LogP contribution in [0, 0.1) is 0 Å². The average molecular weight is 230 g/mol. The van der Waals surface area contributed by atoms with Crippen molar-refractivity contribution in [3.05, 3.63) is 29.8 Å². The third-order valence-corrected chi connectivity index (χ3v) is 2.42. The van der Waals surface area contributed by atoms with Crippen LogP contribution in [-0.2, 0) is 4.74 Å². The van der Waals surface area contributed by atoms with Crippen LogP contribution in [0.15, 0.2) is 24.3 Å². The second-order valence-corrected chi connectivity index (χ2v) is 3.34. The van der Waals surface area contributed by atoms with Crippen molar-refractivity contribution in [2.24, 2.45) is 0 Å². The highest BCUT2D eigenvalue weighted by Gasteiger charge is 2.14. The maximum Gasteiger partial charge on any atom is 0.118 e. The first kappa shape index (κ1) is 12.3. The fraction of sp³-hybridized carbons (Fsp3) is 0.455. The Kier molecular flexibility index (Phi) is 4.88. The number of hydrogen-bond acceptors (Lipinski definition) is 3. The van der Waals surface area contributed by atoms with E-state index in [1.54, 1.807) is 7.11 Å². The zero-order chi connectivity index (χ0) is 9.80. The van der Waals surface area contributed by atoms with Gasteiger partial charge in [0.25, 0.3) is 0 Å². The highest BCUT2D eigenvalue weighted by molar-refractivity contribution is 5.85. The third kappa shape index (κ3) is 3.09. The monoisotopic (exact) mass is 229 g/mol. The molecule has 2 rings (SSSR count). The molecule has 1 atom stereocenters. The molecule has 0 amide bonds. The van der Waals surface area contributed by atoms with Crippen LogP contribution in [0.5, 0.6) is 5.75 Å². The molecule has 1 heterocycles. The molecule has 0 radical (unpaired) electrons. The van der Waals surface area contributed by atoms with Crippen molar-refractivity contribution in [3.8, 4) is 5.75 Å². The van der Waals surface area contributed by atoms with Gasteiger partial charge in [-0.15, -0.1) is 12.4 Å². The van der Waals surface area contributed by atoms with E-state index in [1.165, 1.54) is 5.56 Å². The molecule has 1 aromatic carbocycles. The van der Waals surface area contributed by atoms with Gasteiger partial charge in [-0.1, -0.05) is 12.1 Å². The van der Waals surface area contributed by atoms with Gasteiger partial charge >= 0.3 is 0 Å². The fourth-order valence-corrected chi connectivity index (χ4v) is 1.60. The number of benzene rings is 1. The van der Waals surface area contributed by atoms with Crippen molar-refractivity contribution in [1.29, 1.82) is 0 Å². The summed E-state index contributed by atoms with van der Waals surface area (Å²) in [6, 6.07) is 8.04. The molecule has 1 aromatic rings. The van der Waals surface area contributed by atoms with Gasteiger partial charge in [0.15, 0.2) is 0 Å². The fourth-order valence-electron chi connectivity index (χ4n) is 1.60. The smallest absolute Gasteiger partial charge is 0.118 e. The van der Waals surface area contributed by atoms with E-state index in [-0.39, 0.29) is 18.5 Å². The first-order valence-corrected chi connectivity index (χ1v) is 4.86. The summed E-state index contributed by atoms with van der Waals surface area (Å²) in [6.07, 6.45) is 0.189. The molecule has 0 spiro atoms. The number of ether oxygens (including phenoxy) is 2. The van der Waals surface area contributed by atoms with Gasteiger partial charge in [-0.25, -0.2) is 0 Å². The van der Waals surface area contributed by atoms with E-state index >= 15 is 0 Å². The predicted octanol–water partition coefficient (Wildman–Crippen LogP) is 1.78. The summed E-state index contributed by atoms with van der Waals surface area (Å²) in [7, 11) is 1.67. The van der Waals surface area contributed by atoms with Crippen LogP contribution in [0.25, 0.3) is 0 Å². The third-order valence-electron chi connectivity index (χ3n) is 2.42. The topological polar surface area (TPSA) is 30.5 Å². The molecular formula is C11H16ClNO2. The normalized spacial score (nSPS) is 20.5. The largest absolute Gasteiger partial charge is 0.497 e. The van der Waals surface area contributed by atoms with E-state index in [0.717, 1.165) is 25.4 Å². The summed E-state index contributed by atoms with van der Waals surface area (Å²) in [5.41, 5.74) is 1.21. The Labute approximate surface area is 96.2 Å². The molecule has 0 unspecified atom stereocenters. The molecule has 84 valence electrons. The van der Waals surface area contributed by atoms with E-state index in [0.29, 0.717) is 0 Å². The van der Waals surface area contributed by atoms with Crippen LogP contribution in [0.3, 0.4) is 0 Å². The molecule has 1 fully saturated rings. The van der Waals surface area contributed by atoms with Gasteiger partial charge in [-0.3, -0.25) is 0 Å². The molecule has 1 N–H and O–H groups in total. The van der Waals surface area contributed by atoms with Crippen molar-refractivity contribution >= 4 is 12.4 Å². The summed E-state index contributed by atoms with van der Waals surface area (Å²) in [4.78, 5) is 0. The van der Waals surface area contributed by atoms with E-state index in [4.69, 9.17) is 9.47 Å². The van der Waals surface area contributed by atoms with E-state index in [9.17, 15) is 0 Å². The number of nitrogens with one attached hydrogen (secondary N) is 1. The molecule has 1 aliphatic heterocycles. The molecule has 1 saturated heterocycles. The first-order chi connectivity index (χ1) is 6.90. The number of hydrogen-bond donors (Lipinski definition) is 1. The summed E-state index contributed by atoms with van der Waals surface area (Å²) < 4.78 is 10.7. The van der Waals surface area contributed by atoms with Gasteiger partial charge in [0.05, 0.1) is 19.8 Å². The van der Waals surface area contributed by atoms with E-state index < -0.39 is 0 Å². The Morgan fingerprint density at radius 2 is 2.07 bits per heavy atom. The Bertz CT molecular complexity index is 283. The molecule has 4 heteroatoms. The Morgan fingerprint density at radius 3 is 2.60 bits per heavy atom. The van der Waals surface area contributed by atoms with Crippen LogP contribution in [-0.4, -0.2) is 26.8 Å². The lowest BCUT2D eigenvalue weighted by molar-refractivity contribution is 0.0277. The summed E-state index contributed by atoms with van der Waals surface area (Å²) in [5.74, 6) is 0.887. The lowest BCUT2D eigenvalue weighted by Gasteiger charge is -2.23. The predicted molar refractivity (Wildman–Crippen MR) is 61.8 cm³/mol. The lowest BCUT2D eigenvalue weighted by Crippen LogP contribution is -2.33. The molecule has 1 aliphatic rings. The number of halogens is 1. The van der Waals surface area contributed by atoms with Gasteiger partial charge in [0.2, 0.25) is 0 Å². The van der Waals surface area contributed by atoms with Crippen LogP contribution < -0.4 is 10.1 Å². The molecule has 0 bridgehead atoms. The van der Waals surface area contributed by atoms with Crippen LogP contribution >= 0.6 is 12.4 Å². The molecular weight excluding hydrogens is 214 g/mol. The zero-order valence-electron chi connectivity index (χ0n) is 8.73. The Morgan fingerprint density at radius 1 is 1.33 bits per heavy atom. The van der Waals surface area contributed by atoms with Gasteiger partial charge < -0.3 is 14.8 Å². The minimum absolute atomic E-state index is 0. The molecule has 0 aromatic heterocycles. The van der Waals surface area contributed by atoms with Gasteiger partial charge in [0, 0.05) is 13.1 Å². The SMILES string of the molecule is COc1ccc([C@@H]2CNCCO2)cc1.Cl. The Balaban J connectivity index is 0.00000112. The molecule has 0 saturated carbocycles. The summed E-state index contributed by atoms with van der Waals surface area (Å²) in [5, 5.41) is 3.31. The van der Waals surface area contributed by atoms with Crippen molar-refractivity contribution < 1.29 is 9.47 Å². The second kappa shape index (κ2) is 5.95. The summed E-state index contributed by atoms with van der Waals surface area (Å²) >= 11 is 0. The summed E-state index contributed by atoms with van der Waals surface area (Å²) in [6.45, 7) is 2.63. The van der Waals surface area contributed by atoms with Crippen molar-refractivity contribution in [1.82, 2.24) is 5.32 Å². The first-order valence-electron chi connectivity index (χ1n) is 4.86. The standard InChI is InChI=1S/C11H15NO2.ClH/c1-13-10-4-2-9(3-5-10)11-8-12-6-7-14-11;/h2-5,11-12H,6-8H2,1H3;1H/t11-;/m0./s1. The highest BCUT2D eigenvalue weighted by atomic mass is 35.5. The van der Waals surface area contributed by atoms with Gasteiger partial charge in [-0.05, 0) is 17.7 Å². The maximum absolute atomic E-state index is 5.63. The molecule has 3 nitrogen and oxygen atoms in total. The zero-order valence-corrected chi connectivity index (χ0v) is 9.55. The van der Waals surface area contributed by atoms with Crippen molar-refractivity contribution in [2.75, 3.05) is 26.8 Å². The van der Waals surface area contributed by atoms with Crippen molar-refractivity contribution in [3.63, 3.8) is 0 Å². The minimum Gasteiger partial charge on any atom is -0.497 e. The van der Waals surface area contributed by atoms with Crippen LogP contribution in [0.2, 0.25) is 0 Å². The molecule has 15 heavy (non-hydrogen) atoms. The highest BCUT2D eigenvalue weighted by Crippen LogP contribution is 2.21. The second-order valence-electron chi connectivity index (χ2n) is 3.34. The van der Waals surface area contributed by atoms with E-state index in [2.05, 4.69) is 17.4 Å².